The minimum Gasteiger partial charge on any atom is -0.369 e. The predicted octanol–water partition coefficient (Wildman–Crippen LogP) is 3.57. The fourth-order valence-corrected chi connectivity index (χ4v) is 5.12. The fourth-order valence-electron chi connectivity index (χ4n) is 4.05. The van der Waals surface area contributed by atoms with Crippen molar-refractivity contribution < 1.29 is 17.2 Å². The van der Waals surface area contributed by atoms with Crippen LogP contribution in [0.3, 0.4) is 0 Å². The number of hydrogen-bond acceptors (Lipinski definition) is 6. The average Bonchev–Trinajstić information content (AvgIpc) is 3.24. The molecule has 1 unspecified atom stereocenters. The van der Waals surface area contributed by atoms with Gasteiger partial charge in [0.15, 0.2) is 5.82 Å². The van der Waals surface area contributed by atoms with Crippen LogP contribution >= 0.6 is 0 Å². The number of halogens is 2. The first-order chi connectivity index (χ1) is 15.7. The van der Waals surface area contributed by atoms with Crippen LogP contribution in [-0.2, 0) is 16.6 Å². The summed E-state index contributed by atoms with van der Waals surface area (Å²) in [6.07, 6.45) is 2.27. The van der Waals surface area contributed by atoms with Crippen molar-refractivity contribution in [2.24, 2.45) is 0 Å². The number of nitrogens with zero attached hydrogens (tertiary/aromatic N) is 4. The first kappa shape index (κ1) is 23.1. The Labute approximate surface area is 192 Å². The second kappa shape index (κ2) is 9.40. The molecule has 0 aliphatic carbocycles. The third kappa shape index (κ3) is 5.12. The summed E-state index contributed by atoms with van der Waals surface area (Å²) in [5, 5.41) is -0.750. The lowest BCUT2D eigenvalue weighted by Crippen LogP contribution is -2.35. The zero-order chi connectivity index (χ0) is 23.6. The molecular weight excluding hydrogens is 448 g/mol. The lowest BCUT2D eigenvalue weighted by molar-refractivity contribution is 0.326. The van der Waals surface area contributed by atoms with Crippen molar-refractivity contribution in [3.8, 4) is 0 Å². The molecule has 1 aromatic carbocycles. The van der Waals surface area contributed by atoms with Crippen molar-refractivity contribution in [3.63, 3.8) is 0 Å². The van der Waals surface area contributed by atoms with E-state index in [2.05, 4.69) is 31.7 Å². The summed E-state index contributed by atoms with van der Waals surface area (Å²) in [5.74, 6) is -2.04. The molecule has 1 aliphatic heterocycles. The summed E-state index contributed by atoms with van der Waals surface area (Å²) in [5.41, 5.74) is 1.95. The molecular formula is C23H25F2N5O2S. The summed E-state index contributed by atoms with van der Waals surface area (Å²) < 4.78 is 55.8. The number of aromatic nitrogens is 2. The van der Waals surface area contributed by atoms with Crippen LogP contribution in [0.2, 0.25) is 0 Å². The van der Waals surface area contributed by atoms with Crippen LogP contribution in [0.1, 0.15) is 17.5 Å². The highest BCUT2D eigenvalue weighted by atomic mass is 32.2. The molecule has 174 valence electrons. The Bertz CT molecular complexity index is 1240. The van der Waals surface area contributed by atoms with E-state index >= 15 is 4.39 Å². The van der Waals surface area contributed by atoms with Gasteiger partial charge in [0.2, 0.25) is 11.0 Å². The second-order valence-corrected chi connectivity index (χ2v) is 9.71. The smallest absolute Gasteiger partial charge is 0.283 e. The van der Waals surface area contributed by atoms with Crippen LogP contribution < -0.4 is 9.62 Å². The lowest BCUT2D eigenvalue weighted by Gasteiger charge is -2.28. The van der Waals surface area contributed by atoms with E-state index in [0.29, 0.717) is 5.69 Å². The van der Waals surface area contributed by atoms with Crippen molar-refractivity contribution in [1.82, 2.24) is 14.9 Å². The molecule has 33 heavy (non-hydrogen) atoms. The topological polar surface area (TPSA) is 78.4 Å². The van der Waals surface area contributed by atoms with Gasteiger partial charge in [-0.2, -0.15) is 12.8 Å². The minimum absolute atomic E-state index is 0.144. The van der Waals surface area contributed by atoms with Gasteiger partial charge in [0.05, 0.1) is 11.9 Å². The molecule has 0 bridgehead atoms. The number of pyridine rings is 2. The number of likely N-dealkylation sites (N-methyl/N-ethyl adjacent to an activating group) is 1. The summed E-state index contributed by atoms with van der Waals surface area (Å²) in [6, 6.07) is 14.0. The van der Waals surface area contributed by atoms with Gasteiger partial charge in [-0.15, -0.1) is 0 Å². The third-order valence-corrected chi connectivity index (χ3v) is 7.11. The third-order valence-electron chi connectivity index (χ3n) is 5.84. The van der Waals surface area contributed by atoms with Crippen molar-refractivity contribution in [1.29, 1.82) is 0 Å². The van der Waals surface area contributed by atoms with Crippen molar-refractivity contribution >= 4 is 21.5 Å². The van der Waals surface area contributed by atoms with Crippen LogP contribution in [0.5, 0.6) is 0 Å². The maximum absolute atomic E-state index is 15.1. The average molecular weight is 474 g/mol. The molecule has 0 saturated carbocycles. The van der Waals surface area contributed by atoms with E-state index in [0.717, 1.165) is 32.1 Å². The number of hydrogen-bond donors (Lipinski definition) is 1. The zero-order valence-electron chi connectivity index (χ0n) is 18.4. The number of sulfonamides is 1. The van der Waals surface area contributed by atoms with Crippen LogP contribution in [0, 0.1) is 18.7 Å². The van der Waals surface area contributed by atoms with Crippen molar-refractivity contribution in [2.75, 3.05) is 29.8 Å². The Kier molecular flexibility index (Phi) is 6.57. The molecule has 0 amide bonds. The first-order valence-corrected chi connectivity index (χ1v) is 12.0. The molecule has 0 radical (unpaired) electrons. The molecule has 3 heterocycles. The minimum atomic E-state index is -4.38. The van der Waals surface area contributed by atoms with Gasteiger partial charge in [0.1, 0.15) is 5.82 Å². The molecule has 7 nitrogen and oxygen atoms in total. The number of likely N-dealkylation sites (tertiary alicyclic amines) is 1. The Hall–Kier alpha value is -3.11. The van der Waals surface area contributed by atoms with Gasteiger partial charge >= 0.3 is 0 Å². The van der Waals surface area contributed by atoms with Crippen molar-refractivity contribution in [2.45, 2.75) is 31.0 Å². The molecule has 0 spiro atoms. The molecule has 1 atom stereocenters. The monoisotopic (exact) mass is 473 g/mol. The van der Waals surface area contributed by atoms with Gasteiger partial charge < -0.3 is 4.90 Å². The van der Waals surface area contributed by atoms with Gasteiger partial charge in [0, 0.05) is 38.3 Å². The van der Waals surface area contributed by atoms with Crippen LogP contribution in [-0.4, -0.2) is 49.5 Å². The molecule has 10 heteroatoms. The first-order valence-electron chi connectivity index (χ1n) is 10.5. The molecule has 1 N–H and O–H groups in total. The second-order valence-electron chi connectivity index (χ2n) is 8.11. The fraction of sp³-hybridized carbons (Fsp3) is 0.304. The normalized spacial score (nSPS) is 16.7. The summed E-state index contributed by atoms with van der Waals surface area (Å²) in [6.45, 7) is 4.09. The molecule has 4 rings (SSSR count). The highest BCUT2D eigenvalue weighted by Crippen LogP contribution is 2.29. The van der Waals surface area contributed by atoms with Gasteiger partial charge in [-0.05, 0) is 31.0 Å². The maximum Gasteiger partial charge on any atom is 0.283 e. The molecule has 1 aliphatic rings. The number of nitrogens with one attached hydrogen (secondary N) is 1. The van der Waals surface area contributed by atoms with E-state index in [1.165, 1.54) is 30.8 Å². The number of anilines is 2. The largest absolute Gasteiger partial charge is 0.369 e. The zero-order valence-corrected chi connectivity index (χ0v) is 19.2. The molecule has 1 fully saturated rings. The van der Waals surface area contributed by atoms with E-state index in [4.69, 9.17) is 0 Å². The van der Waals surface area contributed by atoms with Gasteiger partial charge in [-0.25, -0.2) is 14.4 Å². The summed E-state index contributed by atoms with van der Waals surface area (Å²) in [4.78, 5) is 11.6. The molecule has 2 aromatic heterocycles. The van der Waals surface area contributed by atoms with Crippen LogP contribution in [0.4, 0.5) is 20.3 Å². The van der Waals surface area contributed by atoms with Crippen LogP contribution in [0.15, 0.2) is 59.8 Å². The molecule has 1 saturated heterocycles. The standard InChI is InChI=1S/C23H25F2N5O2S/c1-16-19(29(2)18-11-12-30(15-18)14-17-7-4-3-5-8-17)13-26-23(22(16)25)33(31,32)28-21-10-6-9-20(24)27-21/h3-10,13,18H,11-12,14-15H2,1-2H3,(H,27,28). The Balaban J connectivity index is 1.50. The van der Waals surface area contributed by atoms with E-state index in [9.17, 15) is 12.8 Å². The highest BCUT2D eigenvalue weighted by Gasteiger charge is 2.30. The van der Waals surface area contributed by atoms with Gasteiger partial charge in [-0.3, -0.25) is 9.62 Å². The van der Waals surface area contributed by atoms with Gasteiger partial charge in [-0.1, -0.05) is 36.4 Å². The Morgan fingerprint density at radius 1 is 1.15 bits per heavy atom. The van der Waals surface area contributed by atoms with Crippen LogP contribution in [0.25, 0.3) is 0 Å². The SMILES string of the molecule is Cc1c(N(C)C2CCN(Cc3ccccc3)C2)cnc(S(=O)(=O)Nc2cccc(F)n2)c1F. The van der Waals surface area contributed by atoms with Crippen molar-refractivity contribution in [3.05, 3.63) is 77.6 Å². The van der Waals surface area contributed by atoms with Gasteiger partial charge in [0.25, 0.3) is 10.0 Å². The number of benzene rings is 1. The van der Waals surface area contributed by atoms with E-state index in [1.807, 2.05) is 30.1 Å². The molecule has 3 aromatic rings. The predicted molar refractivity (Wildman–Crippen MR) is 122 cm³/mol. The summed E-state index contributed by atoms with van der Waals surface area (Å²) >= 11 is 0. The Morgan fingerprint density at radius 2 is 1.91 bits per heavy atom. The Morgan fingerprint density at radius 3 is 2.64 bits per heavy atom. The lowest BCUT2D eigenvalue weighted by atomic mass is 10.1. The summed E-state index contributed by atoms with van der Waals surface area (Å²) in [7, 11) is -2.52. The van der Waals surface area contributed by atoms with E-state index in [-0.39, 0.29) is 17.4 Å². The quantitative estimate of drug-likeness (QED) is 0.529. The van der Waals surface area contributed by atoms with E-state index < -0.39 is 26.8 Å². The number of rotatable bonds is 7. The highest BCUT2D eigenvalue weighted by molar-refractivity contribution is 7.92. The maximum atomic E-state index is 15.1. The van der Waals surface area contributed by atoms with E-state index in [1.54, 1.807) is 0 Å².